The largest absolute Gasteiger partial charge is 0.335 e. The minimum absolute atomic E-state index is 0. The zero-order valence-electron chi connectivity index (χ0n) is 16.5. The third kappa shape index (κ3) is 5.81. The van der Waals surface area contributed by atoms with Crippen LogP contribution in [0, 0.1) is 12.8 Å². The van der Waals surface area contributed by atoms with Gasteiger partial charge in [-0.05, 0) is 75.9 Å². The molecule has 27 heavy (non-hydrogen) atoms. The molecule has 0 radical (unpaired) electrons. The number of thiophene rings is 1. The van der Waals surface area contributed by atoms with E-state index in [1.54, 1.807) is 11.3 Å². The average molecular weight is 407 g/mol. The Kier molecular flexibility index (Phi) is 8.33. The van der Waals surface area contributed by atoms with Crippen molar-refractivity contribution in [3.63, 3.8) is 0 Å². The smallest absolute Gasteiger partial charge is 0.223 e. The van der Waals surface area contributed by atoms with E-state index in [0.717, 1.165) is 26.1 Å². The lowest BCUT2D eigenvalue weighted by Crippen LogP contribution is -2.36. The molecule has 0 saturated carbocycles. The molecule has 0 aliphatic carbocycles. The van der Waals surface area contributed by atoms with E-state index in [2.05, 4.69) is 62.5 Å². The summed E-state index contributed by atoms with van der Waals surface area (Å²) in [5.74, 6) is 0.958. The highest BCUT2D eigenvalue weighted by Crippen LogP contribution is 2.31. The molecular formula is C22H31ClN2OS. The van der Waals surface area contributed by atoms with Crippen molar-refractivity contribution in [2.45, 2.75) is 52.6 Å². The molecule has 1 aliphatic heterocycles. The molecule has 1 saturated heterocycles. The lowest BCUT2D eigenvalue weighted by molar-refractivity contribution is -0.133. The van der Waals surface area contributed by atoms with Crippen molar-refractivity contribution in [3.05, 3.63) is 46.8 Å². The van der Waals surface area contributed by atoms with Gasteiger partial charge < -0.3 is 10.2 Å². The highest BCUT2D eigenvalue weighted by molar-refractivity contribution is 7.15. The number of amides is 1. The maximum Gasteiger partial charge on any atom is 0.223 e. The number of hydrogen-bond acceptors (Lipinski definition) is 3. The molecule has 3 rings (SSSR count). The standard InChI is InChI=1S/C22H30N2OS.ClH/c1-16(2)24(22(25)11-8-18-12-13-23-14-18)15-19-9-10-21(26-19)20-7-5-4-6-17(20)3;/h4-7,9-10,16,18,23H,8,11-15H2,1-3H3;1H. The first kappa shape index (κ1) is 21.9. The monoisotopic (exact) mass is 406 g/mol. The van der Waals surface area contributed by atoms with E-state index in [0.29, 0.717) is 12.3 Å². The summed E-state index contributed by atoms with van der Waals surface area (Å²) in [7, 11) is 0. The van der Waals surface area contributed by atoms with Gasteiger partial charge in [-0.2, -0.15) is 0 Å². The number of halogens is 1. The highest BCUT2D eigenvalue weighted by Gasteiger charge is 2.21. The second kappa shape index (κ2) is 10.3. The molecule has 1 aliphatic rings. The maximum atomic E-state index is 12.8. The normalized spacial score (nSPS) is 16.4. The van der Waals surface area contributed by atoms with Crippen LogP contribution in [0.4, 0.5) is 0 Å². The minimum Gasteiger partial charge on any atom is -0.335 e. The minimum atomic E-state index is 0. The summed E-state index contributed by atoms with van der Waals surface area (Å²) in [6.07, 6.45) is 2.88. The number of nitrogens with one attached hydrogen (secondary N) is 1. The third-order valence-corrected chi connectivity index (χ3v) is 6.37. The molecule has 2 aromatic rings. The van der Waals surface area contributed by atoms with E-state index < -0.39 is 0 Å². The van der Waals surface area contributed by atoms with Crippen LogP contribution >= 0.6 is 23.7 Å². The fourth-order valence-electron chi connectivity index (χ4n) is 3.62. The lowest BCUT2D eigenvalue weighted by atomic mass is 10.0. The predicted molar refractivity (Wildman–Crippen MR) is 118 cm³/mol. The van der Waals surface area contributed by atoms with Gasteiger partial charge in [0.25, 0.3) is 0 Å². The number of hydrogen-bond donors (Lipinski definition) is 1. The van der Waals surface area contributed by atoms with Crippen LogP contribution in [0.3, 0.4) is 0 Å². The molecule has 1 fully saturated rings. The molecule has 1 N–H and O–H groups in total. The molecule has 3 nitrogen and oxygen atoms in total. The number of aryl methyl sites for hydroxylation is 1. The molecular weight excluding hydrogens is 376 g/mol. The van der Waals surface area contributed by atoms with Gasteiger partial charge in [-0.3, -0.25) is 4.79 Å². The van der Waals surface area contributed by atoms with Crippen LogP contribution in [0.15, 0.2) is 36.4 Å². The number of carbonyl (C=O) groups excluding carboxylic acids is 1. The molecule has 1 atom stereocenters. The van der Waals surface area contributed by atoms with E-state index in [1.807, 2.05) is 4.90 Å². The fraction of sp³-hybridized carbons (Fsp3) is 0.500. The van der Waals surface area contributed by atoms with E-state index in [4.69, 9.17) is 0 Å². The first-order valence-electron chi connectivity index (χ1n) is 9.69. The second-order valence-electron chi connectivity index (χ2n) is 7.59. The Balaban J connectivity index is 0.00000261. The number of rotatable bonds is 7. The molecule has 148 valence electrons. The zero-order valence-corrected chi connectivity index (χ0v) is 18.2. The molecule has 1 unspecified atom stereocenters. The van der Waals surface area contributed by atoms with E-state index in [-0.39, 0.29) is 24.4 Å². The summed E-state index contributed by atoms with van der Waals surface area (Å²) in [6, 6.07) is 13.1. The van der Waals surface area contributed by atoms with E-state index >= 15 is 0 Å². The quantitative estimate of drug-likeness (QED) is 0.679. The van der Waals surface area contributed by atoms with Crippen molar-refractivity contribution in [1.29, 1.82) is 0 Å². The Morgan fingerprint density at radius 2 is 2.04 bits per heavy atom. The van der Waals surface area contributed by atoms with Gasteiger partial charge in [0, 0.05) is 22.2 Å². The van der Waals surface area contributed by atoms with E-state index in [1.165, 1.54) is 27.3 Å². The van der Waals surface area contributed by atoms with Crippen molar-refractivity contribution in [3.8, 4) is 10.4 Å². The van der Waals surface area contributed by atoms with Crippen LogP contribution in [0.1, 0.15) is 43.6 Å². The van der Waals surface area contributed by atoms with Gasteiger partial charge in [0.1, 0.15) is 0 Å². The molecule has 0 bridgehead atoms. The van der Waals surface area contributed by atoms with Crippen molar-refractivity contribution in [2.75, 3.05) is 13.1 Å². The van der Waals surface area contributed by atoms with Gasteiger partial charge in [-0.1, -0.05) is 24.3 Å². The van der Waals surface area contributed by atoms with Gasteiger partial charge in [-0.15, -0.1) is 23.7 Å². The first-order chi connectivity index (χ1) is 12.5. The van der Waals surface area contributed by atoms with Crippen molar-refractivity contribution >= 4 is 29.7 Å². The summed E-state index contributed by atoms with van der Waals surface area (Å²) in [4.78, 5) is 17.4. The zero-order chi connectivity index (χ0) is 18.5. The second-order valence-corrected chi connectivity index (χ2v) is 8.76. The molecule has 1 aromatic carbocycles. The van der Waals surface area contributed by atoms with Crippen LogP contribution in [0.25, 0.3) is 10.4 Å². The van der Waals surface area contributed by atoms with Gasteiger partial charge in [0.05, 0.1) is 6.54 Å². The molecule has 1 amide bonds. The van der Waals surface area contributed by atoms with Gasteiger partial charge in [0.2, 0.25) is 5.91 Å². The summed E-state index contributed by atoms with van der Waals surface area (Å²) < 4.78 is 0. The lowest BCUT2D eigenvalue weighted by Gasteiger charge is -2.27. The van der Waals surface area contributed by atoms with Crippen LogP contribution in [-0.4, -0.2) is 29.9 Å². The van der Waals surface area contributed by atoms with Crippen molar-refractivity contribution in [1.82, 2.24) is 10.2 Å². The van der Waals surface area contributed by atoms with Crippen LogP contribution in [0.2, 0.25) is 0 Å². The van der Waals surface area contributed by atoms with E-state index in [9.17, 15) is 4.79 Å². The van der Waals surface area contributed by atoms with Gasteiger partial charge in [-0.25, -0.2) is 0 Å². The van der Waals surface area contributed by atoms with Gasteiger partial charge >= 0.3 is 0 Å². The Morgan fingerprint density at radius 1 is 1.26 bits per heavy atom. The summed E-state index contributed by atoms with van der Waals surface area (Å²) >= 11 is 1.80. The Hall–Kier alpha value is -1.36. The fourth-order valence-corrected chi connectivity index (χ4v) is 4.71. The molecule has 5 heteroatoms. The molecule has 0 spiro atoms. The number of nitrogens with zero attached hydrogens (tertiary/aromatic N) is 1. The summed E-state index contributed by atoms with van der Waals surface area (Å²) in [5, 5.41) is 3.39. The van der Waals surface area contributed by atoms with Crippen LogP contribution in [-0.2, 0) is 11.3 Å². The summed E-state index contributed by atoms with van der Waals surface area (Å²) in [5.41, 5.74) is 2.59. The maximum absolute atomic E-state index is 12.8. The number of carbonyl (C=O) groups is 1. The average Bonchev–Trinajstić information content (AvgIpc) is 3.29. The Labute approximate surface area is 173 Å². The van der Waals surface area contributed by atoms with Crippen molar-refractivity contribution in [2.24, 2.45) is 5.92 Å². The first-order valence-corrected chi connectivity index (χ1v) is 10.5. The molecule has 2 heterocycles. The van der Waals surface area contributed by atoms with Gasteiger partial charge in [0.15, 0.2) is 0 Å². The highest BCUT2D eigenvalue weighted by atomic mass is 35.5. The predicted octanol–water partition coefficient (Wildman–Crippen LogP) is 5.27. The Morgan fingerprint density at radius 3 is 2.70 bits per heavy atom. The summed E-state index contributed by atoms with van der Waals surface area (Å²) in [6.45, 7) is 9.27. The molecule has 1 aromatic heterocycles. The number of benzene rings is 1. The van der Waals surface area contributed by atoms with Crippen LogP contribution < -0.4 is 5.32 Å². The van der Waals surface area contributed by atoms with Crippen LogP contribution in [0.5, 0.6) is 0 Å². The topological polar surface area (TPSA) is 32.3 Å². The Bertz CT molecular complexity index is 737. The third-order valence-electron chi connectivity index (χ3n) is 5.27. The SMILES string of the molecule is Cc1ccccc1-c1ccc(CN(C(=O)CCC2CCNC2)C(C)C)s1.Cl. The van der Waals surface area contributed by atoms with Crippen molar-refractivity contribution < 1.29 is 4.79 Å².